The quantitative estimate of drug-likeness (QED) is 0.113. The number of rotatable bonds is 11. The molecule has 0 bridgehead atoms. The summed E-state index contributed by atoms with van der Waals surface area (Å²) in [6.07, 6.45) is 8.99. The molecule has 325 valence electrons. The van der Waals surface area contributed by atoms with Crippen LogP contribution in [0.5, 0.6) is 0 Å². The summed E-state index contributed by atoms with van der Waals surface area (Å²) in [6, 6.07) is 65.4. The molecular formula is C62H55Cl2SiZr. The standard InChI is InChI=1S/2C25H23.C12H9Si.2ClH.Zr/c2*1-3-9-19-16-21-15-14-18(2)25(24(21)17-19)23-13-8-7-12-22(23)20-10-5-4-6-11-20;1-3-7-11-9(5-1)10-6-2-4-8-12(10)13-11;;;/h2*4-8,10-17H,3,9H2,1-2H3;1-7H,13H2;2*1H;/q;;;;;+2/p-2. The van der Waals surface area contributed by atoms with E-state index >= 15 is 0 Å². The predicted octanol–water partition coefficient (Wildman–Crippen LogP) is 15.6. The molecule has 1 heterocycles. The van der Waals surface area contributed by atoms with E-state index in [0.717, 1.165) is 25.7 Å². The van der Waals surface area contributed by atoms with Crippen molar-refractivity contribution in [3.63, 3.8) is 0 Å². The van der Waals surface area contributed by atoms with Crippen molar-refractivity contribution in [3.05, 3.63) is 220 Å². The third-order valence-corrected chi connectivity index (χ3v) is 37.9. The van der Waals surface area contributed by atoms with E-state index in [1.165, 1.54) is 114 Å². The van der Waals surface area contributed by atoms with Crippen LogP contribution in [0.1, 0.15) is 80.2 Å². The number of hydrogen-bond donors (Lipinski definition) is 0. The number of allylic oxidation sites excluding steroid dienone is 2. The summed E-state index contributed by atoms with van der Waals surface area (Å²) < 4.78 is 1.03. The fourth-order valence-electron chi connectivity index (χ4n) is 12.4. The Kier molecular flexibility index (Phi) is 11.3. The Labute approximate surface area is 402 Å². The molecule has 1 aliphatic heterocycles. The second-order valence-corrected chi connectivity index (χ2v) is 41.4. The summed E-state index contributed by atoms with van der Waals surface area (Å²) in [7, 11) is 18.1. The fraction of sp³-hybridized carbons (Fsp3) is 0.161. The summed E-state index contributed by atoms with van der Waals surface area (Å²) in [5.74, 6) is 0. The van der Waals surface area contributed by atoms with Crippen molar-refractivity contribution in [2.45, 2.75) is 60.6 Å². The van der Waals surface area contributed by atoms with Gasteiger partial charge >= 0.3 is 405 Å². The second-order valence-electron chi connectivity index (χ2n) is 19.0. The number of aryl methyl sites for hydroxylation is 2. The van der Waals surface area contributed by atoms with Crippen LogP contribution in [0.15, 0.2) is 187 Å². The number of fused-ring (bicyclic) bond motifs is 5. The molecule has 0 fully saturated rings. The van der Waals surface area contributed by atoms with Gasteiger partial charge in [-0.3, -0.25) is 0 Å². The maximum absolute atomic E-state index is 9.52. The molecule has 8 aromatic carbocycles. The van der Waals surface area contributed by atoms with E-state index in [0.29, 0.717) is 0 Å². The summed E-state index contributed by atoms with van der Waals surface area (Å²) >= 11 is -5.76. The first-order chi connectivity index (χ1) is 32.2. The van der Waals surface area contributed by atoms with Crippen molar-refractivity contribution >= 4 is 52.3 Å². The van der Waals surface area contributed by atoms with Crippen LogP contribution in [0.2, 0.25) is 0 Å². The van der Waals surface area contributed by atoms with Gasteiger partial charge in [-0.15, -0.1) is 0 Å². The minimum atomic E-state index is -5.76. The van der Waals surface area contributed by atoms with Gasteiger partial charge in [0.15, 0.2) is 0 Å². The van der Waals surface area contributed by atoms with E-state index in [1.54, 1.807) is 0 Å². The van der Waals surface area contributed by atoms with Crippen LogP contribution in [0, 0.1) is 13.8 Å². The molecule has 0 N–H and O–H groups in total. The molecule has 0 spiro atoms. The Morgan fingerprint density at radius 3 is 1.35 bits per heavy atom. The third-order valence-electron chi connectivity index (χ3n) is 15.1. The fourth-order valence-corrected chi connectivity index (χ4v) is 40.4. The van der Waals surface area contributed by atoms with Gasteiger partial charge in [0.1, 0.15) is 0 Å². The topological polar surface area (TPSA) is 0 Å². The molecule has 66 heavy (non-hydrogen) atoms. The summed E-state index contributed by atoms with van der Waals surface area (Å²) in [6.45, 7) is 9.21. The van der Waals surface area contributed by atoms with Gasteiger partial charge in [0, 0.05) is 0 Å². The number of hydrogen-bond acceptors (Lipinski definition) is 0. The Balaban J connectivity index is 1.21. The van der Waals surface area contributed by atoms with E-state index in [4.69, 9.17) is 0 Å². The Morgan fingerprint density at radius 2 is 0.864 bits per heavy atom. The van der Waals surface area contributed by atoms with Crippen LogP contribution >= 0.6 is 17.0 Å². The zero-order valence-corrected chi connectivity index (χ0v) is 43.7. The molecule has 0 amide bonds. The monoisotopic (exact) mass is 987 g/mol. The van der Waals surface area contributed by atoms with Crippen molar-refractivity contribution in [2.75, 3.05) is 0 Å². The van der Waals surface area contributed by atoms with Crippen molar-refractivity contribution < 1.29 is 16.4 Å². The molecule has 3 aliphatic rings. The first kappa shape index (κ1) is 43.5. The summed E-state index contributed by atoms with van der Waals surface area (Å²) in [5.41, 5.74) is 23.2. The Bertz CT molecular complexity index is 3100. The van der Waals surface area contributed by atoms with E-state index in [1.807, 2.05) is 0 Å². The zero-order valence-electron chi connectivity index (χ0n) is 38.3. The van der Waals surface area contributed by atoms with Crippen LogP contribution < -0.4 is 13.6 Å². The zero-order chi connectivity index (χ0) is 45.2. The van der Waals surface area contributed by atoms with Crippen LogP contribution in [0.25, 0.3) is 67.8 Å². The molecule has 2 aliphatic carbocycles. The molecule has 0 nitrogen and oxygen atoms in total. The second kappa shape index (κ2) is 17.2. The molecule has 2 atom stereocenters. The van der Waals surface area contributed by atoms with Crippen LogP contribution in [-0.4, -0.2) is 9.52 Å². The van der Waals surface area contributed by atoms with Gasteiger partial charge in [-0.05, 0) is 0 Å². The molecule has 0 radical (unpaired) electrons. The van der Waals surface area contributed by atoms with E-state index < -0.39 is 25.9 Å². The van der Waals surface area contributed by atoms with Crippen molar-refractivity contribution in [3.8, 4) is 55.6 Å². The van der Waals surface area contributed by atoms with Gasteiger partial charge in [0.2, 0.25) is 0 Å². The molecule has 0 aromatic heterocycles. The van der Waals surface area contributed by atoms with Crippen molar-refractivity contribution in [1.82, 2.24) is 0 Å². The van der Waals surface area contributed by atoms with E-state index in [2.05, 4.69) is 216 Å². The van der Waals surface area contributed by atoms with Gasteiger partial charge in [-0.2, -0.15) is 0 Å². The number of benzene rings is 8. The molecule has 0 saturated heterocycles. The van der Waals surface area contributed by atoms with Crippen LogP contribution in [-0.2, 0) is 16.4 Å². The average molecular weight is 990 g/mol. The van der Waals surface area contributed by atoms with Gasteiger partial charge < -0.3 is 0 Å². The van der Waals surface area contributed by atoms with E-state index in [9.17, 15) is 17.0 Å². The molecule has 8 aromatic rings. The first-order valence-corrected chi connectivity index (χ1v) is 35.8. The van der Waals surface area contributed by atoms with Gasteiger partial charge in [-0.25, -0.2) is 0 Å². The molecule has 0 saturated carbocycles. The first-order valence-electron chi connectivity index (χ1n) is 24.0. The van der Waals surface area contributed by atoms with Gasteiger partial charge in [0.05, 0.1) is 0 Å². The van der Waals surface area contributed by atoms with E-state index in [-0.39, 0.29) is 7.25 Å². The van der Waals surface area contributed by atoms with Gasteiger partial charge in [0.25, 0.3) is 0 Å². The third kappa shape index (κ3) is 6.85. The minimum absolute atomic E-state index is 0.130. The summed E-state index contributed by atoms with van der Waals surface area (Å²) in [4.78, 5) is 0. The Morgan fingerprint density at radius 1 is 0.439 bits per heavy atom. The SMILES string of the molecule is CCCC1=Cc2c(ccc(C)c2-c2ccccc2-c2ccccc2)[CH]1[Zr]([Cl])([Cl])([c]1cccc2c1[SiH2]c1ccccc1-2)[CH]1C(CCC)=Cc2c1ccc(C)c2-c1ccccc1-c1ccccc1. The Hall–Kier alpha value is -5.08. The van der Waals surface area contributed by atoms with Crippen LogP contribution in [0.4, 0.5) is 0 Å². The number of halogens is 2. The molecule has 2 unspecified atom stereocenters. The normalized spacial score (nSPS) is 16.8. The molecule has 11 rings (SSSR count). The molecular weight excluding hydrogens is 935 g/mol. The average Bonchev–Trinajstić information content (AvgIpc) is 4.04. The van der Waals surface area contributed by atoms with Crippen molar-refractivity contribution in [2.24, 2.45) is 0 Å². The summed E-state index contributed by atoms with van der Waals surface area (Å²) in [5, 5.41) is 2.95. The van der Waals surface area contributed by atoms with Gasteiger partial charge in [-0.1, -0.05) is 0 Å². The van der Waals surface area contributed by atoms with Crippen LogP contribution in [0.3, 0.4) is 0 Å². The predicted molar refractivity (Wildman–Crippen MR) is 286 cm³/mol. The molecule has 4 heteroatoms. The van der Waals surface area contributed by atoms with Crippen molar-refractivity contribution in [1.29, 1.82) is 0 Å². The maximum atomic E-state index is 9.52.